The number of hydrogen-bond acceptors (Lipinski definition) is 11. The summed E-state index contributed by atoms with van der Waals surface area (Å²) in [6.45, 7) is 14.2. The normalized spacial score (nSPS) is 23.7. The van der Waals surface area contributed by atoms with E-state index < -0.39 is 11.9 Å². The first-order chi connectivity index (χ1) is 26.4. The molecule has 0 saturated carbocycles. The molecule has 304 valence electrons. The number of carbonyl (C=O) groups is 3. The monoisotopic (exact) mass is 858 g/mol. The summed E-state index contributed by atoms with van der Waals surface area (Å²) in [4.78, 5) is 55.7. The van der Waals surface area contributed by atoms with Gasteiger partial charge in [-0.15, -0.1) is 13.1 Å². The summed E-state index contributed by atoms with van der Waals surface area (Å²) in [6, 6.07) is 0. The van der Waals surface area contributed by atoms with E-state index in [9.17, 15) is 14.4 Å². The van der Waals surface area contributed by atoms with E-state index >= 15 is 0 Å². The van der Waals surface area contributed by atoms with Crippen molar-refractivity contribution in [1.82, 2.24) is 10.6 Å². The molecule has 56 heavy (non-hydrogen) atoms. The molecule has 5 rings (SSSR count). The van der Waals surface area contributed by atoms with Crippen LogP contribution in [0.5, 0.6) is 0 Å². The zero-order valence-electron chi connectivity index (χ0n) is 33.5. The quantitative estimate of drug-likeness (QED) is 0.125. The molecule has 15 heteroatoms. The Bertz CT molecular complexity index is 1930. The molecule has 8 bridgehead atoms. The minimum atomic E-state index is -0.517. The molecule has 1 fully saturated rings. The first-order valence-corrected chi connectivity index (χ1v) is 19.3. The second-order valence-corrected chi connectivity index (χ2v) is 14.5. The first-order valence-electron chi connectivity index (χ1n) is 19.3. The van der Waals surface area contributed by atoms with Crippen molar-refractivity contribution >= 4 is 34.9 Å². The molecule has 5 aliphatic rings. The third-order valence-corrected chi connectivity index (χ3v) is 11.0. The topological polar surface area (TPSA) is 228 Å². The van der Waals surface area contributed by atoms with Crippen LogP contribution in [0.25, 0.3) is 10.6 Å². The number of allylic oxidation sites excluding steroid dienone is 10. The summed E-state index contributed by atoms with van der Waals surface area (Å²) in [6.07, 6.45) is 7.36. The predicted octanol–water partition coefficient (Wildman–Crippen LogP) is 4.26. The SMILES string of the molecule is CC[C@H]1C2=CC3=NC(=C(CC(=O)OC)C4=NC(=CC5=C(C)/C(=C(/C)[N-]CCN)C(=N5)C=C(N2)[C@@H]1C)[C@@H](C)[C@@H]4CCC(=O)NCCN)C(C(=O)[N-]CCN)=C3C.[Pd+2]. The minimum absolute atomic E-state index is 0. The van der Waals surface area contributed by atoms with E-state index in [1.54, 1.807) is 0 Å². The van der Waals surface area contributed by atoms with Gasteiger partial charge in [0.2, 0.25) is 5.91 Å². The number of rotatable bonds is 14. The van der Waals surface area contributed by atoms with Crippen LogP contribution in [0.15, 0.2) is 95.3 Å². The number of hydrogen-bond donors (Lipinski definition) is 5. The molecule has 0 aromatic carbocycles. The third kappa shape index (κ3) is 9.30. The third-order valence-electron chi connectivity index (χ3n) is 11.0. The van der Waals surface area contributed by atoms with E-state index in [1.165, 1.54) is 7.11 Å². The molecule has 5 heterocycles. The number of aliphatic imine (C=N–C) groups is 3. The van der Waals surface area contributed by atoms with Gasteiger partial charge in [-0.25, -0.2) is 9.98 Å². The average Bonchev–Trinajstić information content (AvgIpc) is 3.86. The van der Waals surface area contributed by atoms with Gasteiger partial charge in [-0.2, -0.15) is 5.70 Å². The number of amides is 2. The Kier molecular flexibility index (Phi) is 15.7. The molecule has 0 spiro atoms. The van der Waals surface area contributed by atoms with Gasteiger partial charge >= 0.3 is 26.4 Å². The van der Waals surface area contributed by atoms with Crippen LogP contribution in [0.3, 0.4) is 0 Å². The number of carbonyl (C=O) groups excluding carboxylic acids is 3. The maximum atomic E-state index is 14.0. The van der Waals surface area contributed by atoms with Crippen LogP contribution in [0.2, 0.25) is 0 Å². The molecule has 2 amide bonds. The molecule has 0 aromatic heterocycles. The van der Waals surface area contributed by atoms with Crippen molar-refractivity contribution in [3.63, 3.8) is 0 Å². The van der Waals surface area contributed by atoms with Crippen molar-refractivity contribution in [3.8, 4) is 0 Å². The Morgan fingerprint density at radius 2 is 1.59 bits per heavy atom. The van der Waals surface area contributed by atoms with E-state index in [4.69, 9.17) is 42.2 Å². The smallest absolute Gasteiger partial charge is 0.686 e. The van der Waals surface area contributed by atoms with Crippen LogP contribution in [-0.4, -0.2) is 81.3 Å². The van der Waals surface area contributed by atoms with Gasteiger partial charge in [0.25, 0.3) is 0 Å². The van der Waals surface area contributed by atoms with Crippen LogP contribution in [-0.2, 0) is 39.5 Å². The fourth-order valence-electron chi connectivity index (χ4n) is 7.92. The first kappa shape index (κ1) is 44.5. The second-order valence-electron chi connectivity index (χ2n) is 14.5. The van der Waals surface area contributed by atoms with Crippen LogP contribution >= 0.6 is 0 Å². The Labute approximate surface area is 344 Å². The van der Waals surface area contributed by atoms with Gasteiger partial charge in [0.15, 0.2) is 0 Å². The number of esters is 1. The Balaban J connectivity index is 0.00000696. The largest absolute Gasteiger partial charge is 2.00 e. The van der Waals surface area contributed by atoms with Gasteiger partial charge in [-0.1, -0.05) is 27.7 Å². The van der Waals surface area contributed by atoms with Gasteiger partial charge in [0.05, 0.1) is 48.0 Å². The van der Waals surface area contributed by atoms with E-state index in [-0.39, 0.29) is 75.9 Å². The van der Waals surface area contributed by atoms with E-state index in [0.717, 1.165) is 51.8 Å². The van der Waals surface area contributed by atoms with Crippen LogP contribution in [0.4, 0.5) is 0 Å². The predicted molar refractivity (Wildman–Crippen MR) is 218 cm³/mol. The number of nitrogens with zero attached hydrogens (tertiary/aromatic N) is 5. The number of fused-ring (bicyclic) bond motifs is 5. The van der Waals surface area contributed by atoms with Crippen molar-refractivity contribution < 1.29 is 39.5 Å². The van der Waals surface area contributed by atoms with E-state index in [0.29, 0.717) is 66.4 Å². The zero-order chi connectivity index (χ0) is 40.0. The van der Waals surface area contributed by atoms with Crippen molar-refractivity contribution in [1.29, 1.82) is 0 Å². The molecule has 8 N–H and O–H groups in total. The summed E-state index contributed by atoms with van der Waals surface area (Å²) in [5.41, 5.74) is 27.1. The number of methoxy groups -OCH3 is 1. The van der Waals surface area contributed by atoms with Crippen LogP contribution < -0.4 is 27.8 Å². The van der Waals surface area contributed by atoms with Gasteiger partial charge in [-0.3, -0.25) is 14.6 Å². The Morgan fingerprint density at radius 1 is 0.893 bits per heavy atom. The molecule has 0 aliphatic carbocycles. The molecule has 0 radical (unpaired) electrons. The fraction of sp³-hybridized carbons (Fsp3) is 0.512. The molecule has 5 aliphatic heterocycles. The molecule has 14 nitrogen and oxygen atoms in total. The zero-order valence-corrected chi connectivity index (χ0v) is 35.1. The van der Waals surface area contributed by atoms with Gasteiger partial charge in [-0.05, 0) is 74.7 Å². The number of nitrogens with one attached hydrogen (secondary N) is 2. The minimum Gasteiger partial charge on any atom is -0.686 e. The summed E-state index contributed by atoms with van der Waals surface area (Å²) in [5.74, 6) is -1.39. The van der Waals surface area contributed by atoms with E-state index in [2.05, 4.69) is 42.8 Å². The van der Waals surface area contributed by atoms with Crippen molar-refractivity contribution in [2.75, 3.05) is 46.4 Å². The average molecular weight is 859 g/mol. The Hall–Kier alpha value is -4.26. The molecule has 0 aromatic rings. The summed E-state index contributed by atoms with van der Waals surface area (Å²) >= 11 is 0. The summed E-state index contributed by atoms with van der Waals surface area (Å²) in [7, 11) is 1.32. The second kappa shape index (κ2) is 19.7. The maximum absolute atomic E-state index is 14.0. The van der Waals surface area contributed by atoms with Crippen molar-refractivity contribution in [3.05, 3.63) is 90.9 Å². The van der Waals surface area contributed by atoms with Crippen molar-refractivity contribution in [2.24, 2.45) is 55.8 Å². The van der Waals surface area contributed by atoms with Crippen LogP contribution in [0, 0.1) is 23.7 Å². The van der Waals surface area contributed by atoms with Gasteiger partial charge in [0.1, 0.15) is 0 Å². The molecular weight excluding hydrogens is 803 g/mol. The van der Waals surface area contributed by atoms with Crippen LogP contribution in [0.1, 0.15) is 67.2 Å². The number of ether oxygens (including phenoxy) is 1. The fourth-order valence-corrected chi connectivity index (χ4v) is 7.92. The molecule has 1 saturated heterocycles. The summed E-state index contributed by atoms with van der Waals surface area (Å²) in [5, 5.41) is 15.6. The van der Waals surface area contributed by atoms with Gasteiger partial charge < -0.3 is 48.0 Å². The molecular formula is C41H56N10O4Pd. The Morgan fingerprint density at radius 3 is 2.25 bits per heavy atom. The van der Waals surface area contributed by atoms with Crippen molar-refractivity contribution in [2.45, 2.75) is 67.2 Å². The summed E-state index contributed by atoms with van der Waals surface area (Å²) < 4.78 is 5.21. The van der Waals surface area contributed by atoms with E-state index in [1.807, 2.05) is 32.9 Å². The number of nitrogens with two attached hydrogens (primary N) is 3. The molecule has 0 unspecified atom stereocenters. The van der Waals surface area contributed by atoms with Gasteiger partial charge in [0, 0.05) is 71.4 Å². The maximum Gasteiger partial charge on any atom is 2.00 e. The molecule has 4 atom stereocenters. The standard InChI is InChI=1S/C41H58N10O4.Pd/c1-8-26-21(2)29-20-34-37(25(6)45-14-11-42)23(4)31(49-34)18-30-22(3)27(9-10-35(52)46-15-12-43)39(50-30)28(17-36(53)55-7)40-38(41(54)47-16-13-44)24(5)32(51-40)19-33(26)48-29;/h18-22,26-27H,8-17,42-44H2,1-7H3,(H4,45,46,47,48,49,50,51,52,54);/q;+2/p-2/t21-,22+,26-,27+;/m1./s1.